The van der Waals surface area contributed by atoms with Gasteiger partial charge in [-0.05, 0) is 0 Å². The van der Waals surface area contributed by atoms with Crippen molar-refractivity contribution < 1.29 is 22.5 Å². The minimum Gasteiger partial charge on any atom is -1.00 e. The molecule has 2 saturated carbocycles. The van der Waals surface area contributed by atoms with E-state index in [1.165, 1.54) is 64.2 Å². The van der Waals surface area contributed by atoms with E-state index < -0.39 is 16.5 Å². The Morgan fingerprint density at radius 3 is 1.30 bits per heavy atom. The predicted octanol–water partition coefficient (Wildman–Crippen LogP) is 6.06. The quantitative estimate of drug-likeness (QED) is 0.508. The molecule has 0 radical (unpaired) electrons. The van der Waals surface area contributed by atoms with Crippen molar-refractivity contribution in [3.63, 3.8) is 0 Å². The average molecular weight is 391 g/mol. The van der Waals surface area contributed by atoms with E-state index in [1.54, 1.807) is 0 Å². The third-order valence-electron chi connectivity index (χ3n) is 5.49. The van der Waals surface area contributed by atoms with Crippen LogP contribution in [0.4, 0.5) is 0 Å². The molecule has 0 spiro atoms. The maximum atomic E-state index is 3.14. The molecule has 136 valence electrons. The van der Waals surface area contributed by atoms with Crippen LogP contribution in [-0.4, -0.2) is 34.6 Å². The Morgan fingerprint density at radius 1 is 0.652 bits per heavy atom. The predicted molar refractivity (Wildman–Crippen MR) is 106 cm³/mol. The van der Waals surface area contributed by atoms with Crippen LogP contribution < -0.4 is 0 Å². The molecule has 0 aromatic rings. The molecule has 2 aliphatic carbocycles. The summed E-state index contributed by atoms with van der Waals surface area (Å²) in [4.78, 5) is 0. The van der Waals surface area contributed by atoms with Crippen molar-refractivity contribution in [1.29, 1.82) is 0 Å². The minimum absolute atomic E-state index is 0. The van der Waals surface area contributed by atoms with Crippen LogP contribution in [0.3, 0.4) is 0 Å². The largest absolute Gasteiger partial charge is 1.00 e. The zero-order valence-electron chi connectivity index (χ0n) is 18.6. The van der Waals surface area contributed by atoms with Crippen LogP contribution in [0.5, 0.6) is 0 Å². The van der Waals surface area contributed by atoms with Gasteiger partial charge in [0.05, 0.1) is 0 Å². The molecular weight excluding hydrogens is 348 g/mol. The monoisotopic (exact) mass is 390 g/mol. The maximum Gasteiger partial charge on any atom is -1.00 e. The Labute approximate surface area is 160 Å². The molecule has 0 N–H and O–H groups in total. The summed E-state index contributed by atoms with van der Waals surface area (Å²) >= 11 is -0.114. The van der Waals surface area contributed by atoms with Gasteiger partial charge in [0.1, 0.15) is 0 Å². The molecule has 0 aliphatic heterocycles. The van der Waals surface area contributed by atoms with Crippen molar-refractivity contribution in [2.45, 2.75) is 116 Å². The summed E-state index contributed by atoms with van der Waals surface area (Å²) in [6, 6.07) is 1.86. The van der Waals surface area contributed by atoms with E-state index in [0.717, 1.165) is 12.1 Å². The first-order valence-corrected chi connectivity index (χ1v) is 18.3. The van der Waals surface area contributed by atoms with Crippen LogP contribution in [0.1, 0.15) is 67.1 Å². The van der Waals surface area contributed by atoms with Crippen molar-refractivity contribution in [3.05, 3.63) is 0 Å². The molecule has 2 aliphatic rings. The molecule has 5 heteroatoms. The van der Waals surface area contributed by atoms with E-state index >= 15 is 0 Å². The first-order chi connectivity index (χ1) is 10.7. The molecule has 2 nitrogen and oxygen atoms in total. The van der Waals surface area contributed by atoms with Crippen molar-refractivity contribution in [1.82, 2.24) is 6.10 Å². The smallest absolute Gasteiger partial charge is 1.00 e. The van der Waals surface area contributed by atoms with Crippen molar-refractivity contribution in [2.24, 2.45) is 0 Å². The van der Waals surface area contributed by atoms with E-state index in [9.17, 15) is 0 Å². The fraction of sp³-hybridized carbons (Fsp3) is 1.00. The van der Waals surface area contributed by atoms with Gasteiger partial charge in [-0.2, -0.15) is 0 Å². The Hall–Kier alpha value is 1.07. The third-order valence-corrected chi connectivity index (χ3v) is 21.1. The second kappa shape index (κ2) is 8.64. The zero-order valence-corrected chi connectivity index (χ0v) is 20.2. The van der Waals surface area contributed by atoms with Crippen LogP contribution in [0, 0.1) is 0 Å². The van der Waals surface area contributed by atoms with Crippen LogP contribution in [-0.2, 0) is 19.7 Å². The van der Waals surface area contributed by atoms with Gasteiger partial charge in [-0.3, -0.25) is 0 Å². The zero-order chi connectivity index (χ0) is 17.1. The Morgan fingerprint density at radius 2 is 1.00 bits per heavy atom. The Kier molecular flexibility index (Phi) is 7.65. The molecule has 0 atom stereocenters. The first kappa shape index (κ1) is 20.4. The molecule has 0 unspecified atom stereocenters. The topological polar surface area (TPSA) is 6.48 Å². The summed E-state index contributed by atoms with van der Waals surface area (Å²) < 4.78 is 6.28. The van der Waals surface area contributed by atoms with Gasteiger partial charge in [-0.25, -0.2) is 0 Å². The number of rotatable bonds is 6. The molecule has 23 heavy (non-hydrogen) atoms. The van der Waals surface area contributed by atoms with Crippen molar-refractivity contribution >= 4 is 16.5 Å². The number of nitrogens with zero attached hydrogens (tertiary/aromatic N) is 2. The van der Waals surface area contributed by atoms with E-state index in [4.69, 9.17) is 0 Å². The average Bonchev–Trinajstić information content (AvgIpc) is 2.47. The van der Waals surface area contributed by atoms with Crippen LogP contribution in [0.2, 0.25) is 39.3 Å². The molecule has 2 fully saturated rings. The maximum absolute atomic E-state index is 3.14. The molecule has 0 bridgehead atoms. The normalized spacial score (nSPS) is 22.6. The summed E-state index contributed by atoms with van der Waals surface area (Å²) in [6.45, 7) is 15.6. The molecule has 2 rings (SSSR count). The van der Waals surface area contributed by atoms with E-state index in [1.807, 2.05) is 0 Å². The SMILES string of the molecule is C[Si](C)(C)[N]([Ti+2][N](C1CCCCC1)C1CCCCC1)[Si](C)(C)C.[H-].[H-]. The van der Waals surface area contributed by atoms with Gasteiger partial charge >= 0.3 is 158 Å². The van der Waals surface area contributed by atoms with Crippen LogP contribution in [0.25, 0.3) is 0 Å². The van der Waals surface area contributed by atoms with Gasteiger partial charge < -0.3 is 2.85 Å². The van der Waals surface area contributed by atoms with E-state index in [-0.39, 0.29) is 22.5 Å². The van der Waals surface area contributed by atoms with E-state index in [0.29, 0.717) is 0 Å². The molecule has 0 aromatic carbocycles. The fourth-order valence-corrected chi connectivity index (χ4v) is 18.7. The molecule has 0 saturated heterocycles. The summed E-state index contributed by atoms with van der Waals surface area (Å²) in [6.07, 6.45) is 14.9. The van der Waals surface area contributed by atoms with E-state index in [2.05, 4.69) is 45.4 Å². The first-order valence-electron chi connectivity index (χ1n) is 10.0. The van der Waals surface area contributed by atoms with Gasteiger partial charge in [-0.1, -0.05) is 0 Å². The second-order valence-electron chi connectivity index (χ2n) is 9.77. The van der Waals surface area contributed by atoms with Gasteiger partial charge in [0.15, 0.2) is 0 Å². The van der Waals surface area contributed by atoms with Gasteiger partial charge in [0.2, 0.25) is 0 Å². The van der Waals surface area contributed by atoms with Crippen molar-refractivity contribution in [2.75, 3.05) is 0 Å². The Bertz CT molecular complexity index is 331. The summed E-state index contributed by atoms with van der Waals surface area (Å²) in [5.74, 6) is 0. The number of hydrogen-bond acceptors (Lipinski definition) is 2. The molecular formula is C18H42N2Si2Ti. The van der Waals surface area contributed by atoms with Crippen molar-refractivity contribution in [3.8, 4) is 0 Å². The fourth-order valence-electron chi connectivity index (χ4n) is 4.60. The van der Waals surface area contributed by atoms with Gasteiger partial charge in [-0.15, -0.1) is 0 Å². The second-order valence-corrected chi connectivity index (χ2v) is 23.0. The molecule has 0 heterocycles. The molecule has 0 amide bonds. The van der Waals surface area contributed by atoms with Crippen LogP contribution in [0.15, 0.2) is 0 Å². The van der Waals surface area contributed by atoms with Gasteiger partial charge in [0, 0.05) is 0 Å². The van der Waals surface area contributed by atoms with Gasteiger partial charge in [0.25, 0.3) is 0 Å². The third kappa shape index (κ3) is 6.07. The summed E-state index contributed by atoms with van der Waals surface area (Å²) in [5.41, 5.74) is 0. The minimum atomic E-state index is -1.20. The summed E-state index contributed by atoms with van der Waals surface area (Å²) in [5, 5.41) is 0. The van der Waals surface area contributed by atoms with Crippen LogP contribution >= 0.6 is 0 Å². The standard InChI is InChI=1S/C12H22N.C6H18NSi2.Ti.2H/c1-3-7-11(8-4-1)13-12-9-5-2-6-10-12;1-8(2,3)7-9(4,5)6;;;/h11-12H,1-10H2;1-6H3;;;/q2*-1;+4;2*-1. The summed E-state index contributed by atoms with van der Waals surface area (Å²) in [7, 11) is -2.41. The molecule has 0 aromatic heterocycles. The number of hydrogen-bond donors (Lipinski definition) is 0. The Balaban J connectivity index is 0.00000288.